The van der Waals surface area contributed by atoms with E-state index in [1.807, 2.05) is 0 Å². The van der Waals surface area contributed by atoms with Gasteiger partial charge in [0.25, 0.3) is 5.91 Å². The molecule has 3 aromatic carbocycles. The number of amides is 2. The number of carbonyl (C=O) groups is 3. The number of nitrogens with one attached hydrogen (secondary N) is 2. The third-order valence-electron chi connectivity index (χ3n) is 5.23. The van der Waals surface area contributed by atoms with Gasteiger partial charge in [-0.05, 0) is 47.2 Å². The SMILES string of the molecule is O=C(C=Cc1c(-n2ncnn2)ccc(Cl)c1F)NC(C(=O)Nc1ccc(C(=O)O)cc1Cl)c1ccccc1. The Hall–Kier alpha value is -4.61. The highest BCUT2D eigenvalue weighted by atomic mass is 35.5. The van der Waals surface area contributed by atoms with E-state index in [-0.39, 0.29) is 32.5 Å². The van der Waals surface area contributed by atoms with Gasteiger partial charge in [0, 0.05) is 11.6 Å². The van der Waals surface area contributed by atoms with Gasteiger partial charge in [-0.2, -0.15) is 0 Å². The number of rotatable bonds is 8. The highest BCUT2D eigenvalue weighted by Gasteiger charge is 2.23. The summed E-state index contributed by atoms with van der Waals surface area (Å²) in [5.74, 6) is -3.35. The molecular weight excluding hydrogens is 538 g/mol. The van der Waals surface area contributed by atoms with E-state index >= 15 is 0 Å². The van der Waals surface area contributed by atoms with E-state index < -0.39 is 29.6 Å². The van der Waals surface area contributed by atoms with Crippen LogP contribution in [0, 0.1) is 5.82 Å². The van der Waals surface area contributed by atoms with Crippen molar-refractivity contribution in [3.63, 3.8) is 0 Å². The monoisotopic (exact) mass is 554 g/mol. The second-order valence-electron chi connectivity index (χ2n) is 7.69. The molecule has 2 amide bonds. The zero-order chi connectivity index (χ0) is 27.2. The lowest BCUT2D eigenvalue weighted by atomic mass is 10.1. The third-order valence-corrected chi connectivity index (χ3v) is 5.84. The predicted octanol–water partition coefficient (Wildman–Crippen LogP) is 4.32. The zero-order valence-electron chi connectivity index (χ0n) is 19.2. The normalized spacial score (nSPS) is 11.8. The van der Waals surface area contributed by atoms with E-state index in [1.54, 1.807) is 30.3 Å². The van der Waals surface area contributed by atoms with Crippen LogP contribution < -0.4 is 10.6 Å². The molecule has 0 spiro atoms. The molecule has 4 rings (SSSR count). The smallest absolute Gasteiger partial charge is 0.335 e. The summed E-state index contributed by atoms with van der Waals surface area (Å²) >= 11 is 12.1. The Kier molecular flexibility index (Phi) is 8.09. The second-order valence-corrected chi connectivity index (χ2v) is 8.51. The van der Waals surface area contributed by atoms with E-state index in [4.69, 9.17) is 28.3 Å². The molecule has 0 radical (unpaired) electrons. The quantitative estimate of drug-likeness (QED) is 0.275. The van der Waals surface area contributed by atoms with Crippen LogP contribution in [0.2, 0.25) is 10.0 Å². The number of tetrazole rings is 1. The molecule has 10 nitrogen and oxygen atoms in total. The number of nitrogens with zero attached hydrogens (tertiary/aromatic N) is 4. The summed E-state index contributed by atoms with van der Waals surface area (Å²) in [6, 6.07) is 13.8. The topological polar surface area (TPSA) is 139 Å². The Morgan fingerprint density at radius 3 is 2.45 bits per heavy atom. The van der Waals surface area contributed by atoms with Gasteiger partial charge in [0.15, 0.2) is 12.1 Å². The maximum atomic E-state index is 14.8. The molecule has 1 atom stereocenters. The van der Waals surface area contributed by atoms with Crippen LogP contribution in [-0.2, 0) is 9.59 Å². The molecule has 0 aliphatic rings. The van der Waals surface area contributed by atoms with Crippen LogP contribution in [-0.4, -0.2) is 43.1 Å². The lowest BCUT2D eigenvalue weighted by Gasteiger charge is -2.19. The molecule has 0 saturated carbocycles. The first-order chi connectivity index (χ1) is 18.2. The lowest BCUT2D eigenvalue weighted by Crippen LogP contribution is -2.36. The minimum absolute atomic E-state index is 0.00182. The van der Waals surface area contributed by atoms with Gasteiger partial charge in [0.05, 0.1) is 27.0 Å². The van der Waals surface area contributed by atoms with E-state index in [9.17, 15) is 18.8 Å². The summed E-state index contributed by atoms with van der Waals surface area (Å²) in [6.07, 6.45) is 3.38. The van der Waals surface area contributed by atoms with Gasteiger partial charge >= 0.3 is 5.97 Å². The molecule has 192 valence electrons. The average molecular weight is 555 g/mol. The van der Waals surface area contributed by atoms with E-state index in [0.717, 1.165) is 17.2 Å². The van der Waals surface area contributed by atoms with E-state index in [0.29, 0.717) is 5.56 Å². The minimum Gasteiger partial charge on any atom is -0.478 e. The molecule has 1 heterocycles. The molecular formula is C25H17Cl2FN6O4. The Bertz CT molecular complexity index is 1530. The largest absolute Gasteiger partial charge is 0.478 e. The number of benzene rings is 3. The molecule has 1 aromatic heterocycles. The van der Waals surface area contributed by atoms with Crippen molar-refractivity contribution in [1.29, 1.82) is 0 Å². The standard InChI is InChI=1S/C25H17Cl2FN6O4/c26-17-8-10-20(34-30-13-29-33-34)16(22(17)28)7-11-21(35)32-23(14-4-2-1-3-5-14)24(36)31-19-9-6-15(25(37)38)12-18(19)27/h1-13,23H,(H,31,36)(H,32,35)(H,37,38). The number of carbonyl (C=O) groups excluding carboxylic acids is 2. The van der Waals surface area contributed by atoms with Gasteiger partial charge in [-0.25, -0.2) is 9.18 Å². The van der Waals surface area contributed by atoms with Crippen LogP contribution >= 0.6 is 23.2 Å². The number of carboxylic acids is 1. The number of carboxylic acid groups (broad SMARTS) is 1. The summed E-state index contributed by atoms with van der Waals surface area (Å²) in [7, 11) is 0. The van der Waals surface area contributed by atoms with E-state index in [1.165, 1.54) is 36.4 Å². The third kappa shape index (κ3) is 6.02. The Labute approximate surface area is 224 Å². The first-order valence-electron chi connectivity index (χ1n) is 10.8. The molecule has 0 bridgehead atoms. The predicted molar refractivity (Wildman–Crippen MR) is 138 cm³/mol. The Balaban J connectivity index is 1.59. The van der Waals surface area contributed by atoms with E-state index in [2.05, 4.69) is 26.0 Å². The number of halogens is 3. The number of anilines is 1. The van der Waals surface area contributed by atoms with Crippen molar-refractivity contribution in [3.05, 3.63) is 106 Å². The Morgan fingerprint density at radius 1 is 1.03 bits per heavy atom. The molecule has 4 aromatic rings. The van der Waals surface area contributed by atoms with Crippen molar-refractivity contribution in [3.8, 4) is 5.69 Å². The maximum Gasteiger partial charge on any atom is 0.335 e. The van der Waals surface area contributed by atoms with Crippen molar-refractivity contribution < 1.29 is 23.9 Å². The fourth-order valence-corrected chi connectivity index (χ4v) is 3.81. The molecule has 13 heteroatoms. The molecule has 3 N–H and O–H groups in total. The zero-order valence-corrected chi connectivity index (χ0v) is 20.7. The summed E-state index contributed by atoms with van der Waals surface area (Å²) in [6.45, 7) is 0. The van der Waals surface area contributed by atoms with Gasteiger partial charge in [-0.15, -0.1) is 15.0 Å². The van der Waals surface area contributed by atoms with Crippen molar-refractivity contribution in [2.75, 3.05) is 5.32 Å². The minimum atomic E-state index is -1.18. The molecule has 0 saturated heterocycles. The summed E-state index contributed by atoms with van der Waals surface area (Å²) < 4.78 is 14.8. The van der Waals surface area contributed by atoms with Crippen LogP contribution in [0.25, 0.3) is 11.8 Å². The summed E-state index contributed by atoms with van der Waals surface area (Å²) in [5, 5.41) is 25.3. The summed E-state index contributed by atoms with van der Waals surface area (Å²) in [5.41, 5.74) is 0.659. The van der Waals surface area contributed by atoms with Gasteiger partial charge < -0.3 is 15.7 Å². The van der Waals surface area contributed by atoms with Crippen LogP contribution in [0.1, 0.15) is 27.5 Å². The highest BCUT2D eigenvalue weighted by Crippen LogP contribution is 2.26. The molecule has 0 fully saturated rings. The van der Waals surface area contributed by atoms with Crippen LogP contribution in [0.15, 0.2) is 73.1 Å². The second kappa shape index (κ2) is 11.6. The van der Waals surface area contributed by atoms with Crippen molar-refractivity contribution >= 4 is 52.7 Å². The Morgan fingerprint density at radius 2 is 1.79 bits per heavy atom. The number of aromatic carboxylic acids is 1. The highest BCUT2D eigenvalue weighted by molar-refractivity contribution is 6.34. The number of hydrogen-bond donors (Lipinski definition) is 3. The van der Waals surface area contributed by atoms with Crippen molar-refractivity contribution in [2.24, 2.45) is 0 Å². The molecule has 1 unspecified atom stereocenters. The summed E-state index contributed by atoms with van der Waals surface area (Å²) in [4.78, 5) is 38.3. The van der Waals surface area contributed by atoms with Crippen LogP contribution in [0.5, 0.6) is 0 Å². The number of hydrogen-bond acceptors (Lipinski definition) is 6. The van der Waals surface area contributed by atoms with Crippen molar-refractivity contribution in [1.82, 2.24) is 25.5 Å². The first-order valence-corrected chi connectivity index (χ1v) is 11.6. The van der Waals surface area contributed by atoms with Gasteiger partial charge in [-0.3, -0.25) is 9.59 Å². The fourth-order valence-electron chi connectivity index (χ4n) is 3.42. The number of aromatic nitrogens is 4. The lowest BCUT2D eigenvalue weighted by molar-refractivity contribution is -0.123. The molecule has 38 heavy (non-hydrogen) atoms. The van der Waals surface area contributed by atoms with Crippen molar-refractivity contribution in [2.45, 2.75) is 6.04 Å². The van der Waals surface area contributed by atoms with Gasteiger partial charge in [0.1, 0.15) is 6.04 Å². The maximum absolute atomic E-state index is 14.8. The van der Waals surface area contributed by atoms with Gasteiger partial charge in [-0.1, -0.05) is 53.5 Å². The fraction of sp³-hybridized carbons (Fsp3) is 0.0400. The average Bonchev–Trinajstić information content (AvgIpc) is 3.44. The molecule has 0 aliphatic carbocycles. The molecule has 0 aliphatic heterocycles. The van der Waals surface area contributed by atoms with Crippen LogP contribution in [0.3, 0.4) is 0 Å². The van der Waals surface area contributed by atoms with Crippen LogP contribution in [0.4, 0.5) is 10.1 Å². The van der Waals surface area contributed by atoms with Gasteiger partial charge in [0.2, 0.25) is 5.91 Å². The first kappa shape index (κ1) is 26.5.